The highest BCUT2D eigenvalue weighted by Gasteiger charge is 2.06. The van der Waals surface area contributed by atoms with Crippen LogP contribution in [-0.2, 0) is 16.0 Å². The zero-order valence-corrected chi connectivity index (χ0v) is 18.5. The summed E-state index contributed by atoms with van der Waals surface area (Å²) in [5, 5.41) is 6.56. The Morgan fingerprint density at radius 2 is 0.912 bits per heavy atom. The summed E-state index contributed by atoms with van der Waals surface area (Å²) < 4.78 is 0. The molecule has 6 heteroatoms. The molecular weight excluding hydrogens is 424 g/mol. The fourth-order valence-corrected chi connectivity index (χ4v) is 3.20. The third-order valence-corrected chi connectivity index (χ3v) is 4.83. The molecule has 0 bridgehead atoms. The van der Waals surface area contributed by atoms with Crippen molar-refractivity contribution in [3.05, 3.63) is 120 Å². The molecule has 0 amide bonds. The molecule has 4 aromatic carbocycles. The second-order valence-electron chi connectivity index (χ2n) is 7.10. The molecule has 4 rings (SSSR count). The van der Waals surface area contributed by atoms with E-state index in [1.165, 1.54) is 12.2 Å². The number of benzene rings is 4. The highest BCUT2D eigenvalue weighted by molar-refractivity contribution is 5.59. The first kappa shape index (κ1) is 23.9. The average molecular weight is 449 g/mol. The van der Waals surface area contributed by atoms with Gasteiger partial charge in [-0.2, -0.15) is 9.98 Å². The van der Waals surface area contributed by atoms with Gasteiger partial charge in [0.05, 0.1) is 18.0 Å². The lowest BCUT2D eigenvalue weighted by molar-refractivity contribution is 0.564. The zero-order valence-electron chi connectivity index (χ0n) is 18.5. The van der Waals surface area contributed by atoms with E-state index >= 15 is 0 Å². The lowest BCUT2D eigenvalue weighted by atomic mass is 10.0. The second-order valence-corrected chi connectivity index (χ2v) is 7.10. The summed E-state index contributed by atoms with van der Waals surface area (Å²) in [7, 11) is 0. The van der Waals surface area contributed by atoms with Gasteiger partial charge in [0, 0.05) is 17.8 Å². The van der Waals surface area contributed by atoms with Crippen LogP contribution in [0.5, 0.6) is 0 Å². The van der Waals surface area contributed by atoms with E-state index in [0.29, 0.717) is 17.8 Å². The van der Waals surface area contributed by atoms with Crippen molar-refractivity contribution >= 4 is 34.9 Å². The molecule has 6 nitrogen and oxygen atoms in total. The van der Waals surface area contributed by atoms with Gasteiger partial charge in [0.2, 0.25) is 12.2 Å². The molecule has 168 valence electrons. The van der Waals surface area contributed by atoms with Crippen LogP contribution in [-0.4, -0.2) is 18.8 Å². The topological polar surface area (TPSA) is 82.9 Å². The first-order chi connectivity index (χ1) is 16.8. The molecule has 0 saturated heterocycles. The Bertz CT molecular complexity index is 1160. The van der Waals surface area contributed by atoms with Crippen molar-refractivity contribution in [3.63, 3.8) is 0 Å². The molecular formula is C28H24N4O2. The molecule has 0 aliphatic rings. The van der Waals surface area contributed by atoms with Crippen LogP contribution in [0.1, 0.15) is 11.1 Å². The van der Waals surface area contributed by atoms with E-state index in [1.807, 2.05) is 84.9 Å². The Labute approximate surface area is 198 Å². The number of nitrogens with one attached hydrogen (secondary N) is 2. The Balaban J connectivity index is 0.000000196. The molecule has 2 N–H and O–H groups in total. The Morgan fingerprint density at radius 1 is 0.529 bits per heavy atom. The van der Waals surface area contributed by atoms with Crippen LogP contribution >= 0.6 is 0 Å². The van der Waals surface area contributed by atoms with Gasteiger partial charge in [-0.1, -0.05) is 72.8 Å². The minimum atomic E-state index is 0.530. The molecule has 0 spiro atoms. The maximum atomic E-state index is 10.4. The number of isocyanates is 2. The molecule has 34 heavy (non-hydrogen) atoms. The first-order valence-electron chi connectivity index (χ1n) is 10.7. The summed E-state index contributed by atoms with van der Waals surface area (Å²) >= 11 is 0. The highest BCUT2D eigenvalue weighted by Crippen LogP contribution is 2.26. The van der Waals surface area contributed by atoms with Crippen LogP contribution < -0.4 is 10.6 Å². The fraction of sp³-hybridized carbons (Fsp3) is 0.0714. The number of anilines is 2. The number of aliphatic imine (C=N–C) groups is 2. The van der Waals surface area contributed by atoms with Crippen molar-refractivity contribution in [2.24, 2.45) is 9.98 Å². The molecule has 0 aromatic heterocycles. The maximum absolute atomic E-state index is 10.4. The molecule has 0 aliphatic heterocycles. The normalized spacial score (nSPS) is 9.41. The quantitative estimate of drug-likeness (QED) is 0.186. The van der Waals surface area contributed by atoms with Gasteiger partial charge in [-0.25, -0.2) is 9.59 Å². The predicted octanol–water partition coefficient (Wildman–Crippen LogP) is 6.38. The molecule has 0 aliphatic carbocycles. The number of nitrogens with zero attached hydrogens (tertiary/aromatic N) is 2. The second kappa shape index (κ2) is 13.6. The van der Waals surface area contributed by atoms with E-state index in [9.17, 15) is 9.59 Å². The summed E-state index contributed by atoms with van der Waals surface area (Å²) in [5.41, 5.74) is 5.14. The molecule has 0 radical (unpaired) electrons. The fourth-order valence-electron chi connectivity index (χ4n) is 3.20. The number of hydrogen-bond donors (Lipinski definition) is 2. The largest absolute Gasteiger partial charge is 0.368 e. The number of carbonyl (C=O) groups excluding carboxylic acids is 2. The van der Waals surface area contributed by atoms with Crippen LogP contribution in [0.4, 0.5) is 22.7 Å². The van der Waals surface area contributed by atoms with Crippen molar-refractivity contribution in [2.45, 2.75) is 6.42 Å². The predicted molar refractivity (Wildman–Crippen MR) is 136 cm³/mol. The van der Waals surface area contributed by atoms with Gasteiger partial charge >= 0.3 is 0 Å². The minimum absolute atomic E-state index is 0.530. The van der Waals surface area contributed by atoms with Crippen LogP contribution in [0, 0.1) is 0 Å². The van der Waals surface area contributed by atoms with Gasteiger partial charge in [-0.15, -0.1) is 0 Å². The average Bonchev–Trinajstić information content (AvgIpc) is 2.88. The Morgan fingerprint density at radius 3 is 1.32 bits per heavy atom. The monoisotopic (exact) mass is 448 g/mol. The minimum Gasteiger partial charge on any atom is -0.368 e. The van der Waals surface area contributed by atoms with Crippen LogP contribution in [0.3, 0.4) is 0 Å². The smallest absolute Gasteiger partial charge is 0.240 e. The summed E-state index contributed by atoms with van der Waals surface area (Å²) in [5.74, 6) is 0. The van der Waals surface area contributed by atoms with E-state index in [-0.39, 0.29) is 0 Å². The molecule has 0 heterocycles. The van der Waals surface area contributed by atoms with Gasteiger partial charge < -0.3 is 10.6 Å². The van der Waals surface area contributed by atoms with Crippen molar-refractivity contribution in [1.82, 2.24) is 0 Å². The lowest BCUT2D eigenvalue weighted by Gasteiger charge is -2.08. The van der Waals surface area contributed by atoms with E-state index < -0.39 is 0 Å². The summed E-state index contributed by atoms with van der Waals surface area (Å²) in [4.78, 5) is 28.1. The third-order valence-electron chi connectivity index (χ3n) is 4.83. The van der Waals surface area contributed by atoms with Crippen molar-refractivity contribution in [2.75, 3.05) is 17.3 Å². The van der Waals surface area contributed by atoms with E-state index in [0.717, 1.165) is 29.2 Å². The van der Waals surface area contributed by atoms with Crippen LogP contribution in [0.25, 0.3) is 0 Å². The van der Waals surface area contributed by atoms with Crippen LogP contribution in [0.15, 0.2) is 119 Å². The maximum Gasteiger partial charge on any atom is 0.240 e. The van der Waals surface area contributed by atoms with Gasteiger partial charge in [0.1, 0.15) is 0 Å². The van der Waals surface area contributed by atoms with Crippen molar-refractivity contribution < 1.29 is 9.59 Å². The van der Waals surface area contributed by atoms with E-state index in [4.69, 9.17) is 0 Å². The van der Waals surface area contributed by atoms with Gasteiger partial charge in [-0.05, 0) is 47.5 Å². The number of para-hydroxylation sites is 4. The van der Waals surface area contributed by atoms with Crippen molar-refractivity contribution in [1.29, 1.82) is 0 Å². The van der Waals surface area contributed by atoms with Crippen molar-refractivity contribution in [3.8, 4) is 0 Å². The summed E-state index contributed by atoms with van der Waals surface area (Å²) in [6, 6.07) is 34.8. The molecule has 0 unspecified atom stereocenters. The standard InChI is InChI=1S/C15H10N2O2.C13H14N2/c18-10-16-14-7-3-1-5-12(14)9-13-6-2-4-8-15(13)17-11-19;1-3-7-12(8-4-1)14-11-15-13-9-5-2-6-10-13/h1-8H,9H2;1-10,14-15H,11H2. The number of hydrogen-bond acceptors (Lipinski definition) is 6. The van der Waals surface area contributed by atoms with Gasteiger partial charge in [-0.3, -0.25) is 0 Å². The van der Waals surface area contributed by atoms with Crippen LogP contribution in [0.2, 0.25) is 0 Å². The molecule has 0 atom stereocenters. The van der Waals surface area contributed by atoms with Gasteiger partial charge in [0.15, 0.2) is 0 Å². The first-order valence-corrected chi connectivity index (χ1v) is 10.7. The molecule has 0 saturated carbocycles. The highest BCUT2D eigenvalue weighted by atomic mass is 16.1. The lowest BCUT2D eigenvalue weighted by Crippen LogP contribution is -2.11. The Hall–Kier alpha value is -4.76. The zero-order chi connectivity index (χ0) is 23.8. The molecule has 0 fully saturated rings. The summed E-state index contributed by atoms with van der Waals surface area (Å²) in [6.07, 6.45) is 3.61. The molecule has 4 aromatic rings. The Kier molecular flexibility index (Phi) is 9.56. The third kappa shape index (κ3) is 7.74. The SMILES string of the molecule is O=C=Nc1ccccc1Cc1ccccc1N=C=O.c1ccc(NCNc2ccccc2)cc1. The number of rotatable bonds is 8. The summed E-state index contributed by atoms with van der Waals surface area (Å²) in [6.45, 7) is 0.730. The van der Waals surface area contributed by atoms with E-state index in [1.54, 1.807) is 24.3 Å². The van der Waals surface area contributed by atoms with Gasteiger partial charge in [0.25, 0.3) is 0 Å². The van der Waals surface area contributed by atoms with E-state index in [2.05, 4.69) is 20.6 Å².